The molecule has 37 heavy (non-hydrogen) atoms. The third-order valence-corrected chi connectivity index (χ3v) is 6.59. The van der Waals surface area contributed by atoms with Crippen molar-refractivity contribution in [2.75, 3.05) is 13.7 Å². The number of carbonyl (C=O) groups is 2. The van der Waals surface area contributed by atoms with E-state index in [2.05, 4.69) is 10.3 Å². The molecule has 0 saturated heterocycles. The maximum absolute atomic E-state index is 12.7. The van der Waals surface area contributed by atoms with Gasteiger partial charge in [-0.1, -0.05) is 30.3 Å². The summed E-state index contributed by atoms with van der Waals surface area (Å²) < 4.78 is 6.72. The van der Waals surface area contributed by atoms with Crippen LogP contribution in [-0.4, -0.2) is 52.5 Å². The van der Waals surface area contributed by atoms with Crippen LogP contribution in [0.2, 0.25) is 0 Å². The normalized spacial score (nSPS) is 12.5. The second-order valence-corrected chi connectivity index (χ2v) is 9.17. The second kappa shape index (κ2) is 12.7. The topological polar surface area (TPSA) is 194 Å². The van der Waals surface area contributed by atoms with E-state index in [1.54, 1.807) is 28.4 Å². The van der Waals surface area contributed by atoms with Crippen molar-refractivity contribution in [2.45, 2.75) is 36.2 Å². The van der Waals surface area contributed by atoms with E-state index in [1.165, 1.54) is 25.1 Å². The van der Waals surface area contributed by atoms with Gasteiger partial charge in [-0.2, -0.15) is 0 Å². The summed E-state index contributed by atoms with van der Waals surface area (Å²) in [6, 6.07) is 12.1. The summed E-state index contributed by atoms with van der Waals surface area (Å²) in [7, 11) is 1.24. The number of hydrogen-bond donors (Lipinski definition) is 4. The Bertz CT molecular complexity index is 1310. The molecule has 0 saturated carbocycles. The molecule has 1 amide bonds. The van der Waals surface area contributed by atoms with Crippen LogP contribution in [0.5, 0.6) is 0 Å². The minimum Gasteiger partial charge on any atom is -0.467 e. The third kappa shape index (κ3) is 7.21. The fourth-order valence-corrected chi connectivity index (χ4v) is 4.76. The van der Waals surface area contributed by atoms with Crippen molar-refractivity contribution >= 4 is 46.4 Å². The lowest BCUT2D eigenvalue weighted by Gasteiger charge is -2.19. The van der Waals surface area contributed by atoms with Crippen LogP contribution in [0.4, 0.5) is 5.69 Å². The van der Waals surface area contributed by atoms with Gasteiger partial charge in [-0.05, 0) is 42.5 Å². The zero-order valence-electron chi connectivity index (χ0n) is 20.2. The SMILES string of the molecule is COC(=O)C(Cc1cn(Sc2ccccc2[N+](=O)[O-])c2ccccc12)NC(=O)C(N)CCCN=C(N)N. The summed E-state index contributed by atoms with van der Waals surface area (Å²) in [5, 5.41) is 15.0. The molecule has 196 valence electrons. The first-order chi connectivity index (χ1) is 17.7. The summed E-state index contributed by atoms with van der Waals surface area (Å²) in [5.74, 6) is -1.16. The molecule has 2 aromatic carbocycles. The maximum atomic E-state index is 12.7. The summed E-state index contributed by atoms with van der Waals surface area (Å²) in [6.45, 7) is 0.334. The minimum absolute atomic E-state index is 0.0136. The number of nitrogens with two attached hydrogens (primary N) is 3. The van der Waals surface area contributed by atoms with Crippen molar-refractivity contribution in [1.82, 2.24) is 9.29 Å². The van der Waals surface area contributed by atoms with Crippen LogP contribution in [0.3, 0.4) is 0 Å². The molecule has 7 N–H and O–H groups in total. The summed E-state index contributed by atoms with van der Waals surface area (Å²) in [4.78, 5) is 40.6. The first kappa shape index (κ1) is 27.5. The highest BCUT2D eigenvalue weighted by molar-refractivity contribution is 7.98. The number of guanidine groups is 1. The Kier molecular flexibility index (Phi) is 9.46. The van der Waals surface area contributed by atoms with Crippen molar-refractivity contribution in [3.63, 3.8) is 0 Å². The Morgan fingerprint density at radius 2 is 1.89 bits per heavy atom. The van der Waals surface area contributed by atoms with Crippen LogP contribution >= 0.6 is 11.9 Å². The number of aliphatic imine (C=N–C) groups is 1. The van der Waals surface area contributed by atoms with Gasteiger partial charge >= 0.3 is 5.97 Å². The largest absolute Gasteiger partial charge is 0.467 e. The molecular weight excluding hydrogens is 498 g/mol. The van der Waals surface area contributed by atoms with Gasteiger partial charge in [-0.25, -0.2) is 4.79 Å². The van der Waals surface area contributed by atoms with Gasteiger partial charge in [0, 0.05) is 30.6 Å². The molecule has 12 nitrogen and oxygen atoms in total. The van der Waals surface area contributed by atoms with Crippen molar-refractivity contribution in [2.24, 2.45) is 22.2 Å². The Morgan fingerprint density at radius 1 is 1.19 bits per heavy atom. The monoisotopic (exact) mass is 527 g/mol. The number of para-hydroxylation sites is 2. The molecule has 2 atom stereocenters. The number of carbonyl (C=O) groups excluding carboxylic acids is 2. The van der Waals surface area contributed by atoms with E-state index in [9.17, 15) is 19.7 Å². The smallest absolute Gasteiger partial charge is 0.328 e. The average Bonchev–Trinajstić information content (AvgIpc) is 3.22. The highest BCUT2D eigenvalue weighted by atomic mass is 32.2. The first-order valence-corrected chi connectivity index (χ1v) is 12.2. The van der Waals surface area contributed by atoms with Crippen LogP contribution in [-0.2, 0) is 20.7 Å². The summed E-state index contributed by atoms with van der Waals surface area (Å²) >= 11 is 1.19. The van der Waals surface area contributed by atoms with Gasteiger partial charge in [-0.3, -0.25) is 23.9 Å². The lowest BCUT2D eigenvalue weighted by Crippen LogP contribution is -2.49. The number of hydrogen-bond acceptors (Lipinski definition) is 8. The van der Waals surface area contributed by atoms with Crippen molar-refractivity contribution in [3.05, 3.63) is 70.4 Å². The number of nitro groups is 1. The zero-order chi connectivity index (χ0) is 26.9. The molecule has 0 spiro atoms. The molecule has 0 radical (unpaired) electrons. The molecule has 13 heteroatoms. The minimum atomic E-state index is -0.989. The van der Waals surface area contributed by atoms with E-state index in [-0.39, 0.29) is 18.1 Å². The number of methoxy groups -OCH3 is 1. The Hall–Kier alpha value is -4.10. The van der Waals surface area contributed by atoms with E-state index >= 15 is 0 Å². The van der Waals surface area contributed by atoms with Gasteiger partial charge in [0.15, 0.2) is 5.96 Å². The Morgan fingerprint density at radius 3 is 2.59 bits per heavy atom. The molecule has 0 aliphatic heterocycles. The van der Waals surface area contributed by atoms with Gasteiger partial charge in [0.2, 0.25) is 5.91 Å². The van der Waals surface area contributed by atoms with Crippen molar-refractivity contribution < 1.29 is 19.2 Å². The summed E-state index contributed by atoms with van der Waals surface area (Å²) in [5.41, 5.74) is 18.1. The standard InChI is InChI=1S/C24H29N7O5S/c1-36-23(33)18(29-22(32)17(25)8-6-12-28-24(26)27)13-15-14-30(19-9-3-2-7-16(15)19)37-21-11-5-4-10-20(21)31(34)35/h2-5,7,9-11,14,17-18H,6,8,12-13,25H2,1H3,(H,29,32)(H4,26,27,28). The predicted octanol–water partition coefficient (Wildman–Crippen LogP) is 1.69. The number of rotatable bonds is 12. The molecule has 3 rings (SSSR count). The highest BCUT2D eigenvalue weighted by Crippen LogP contribution is 2.34. The summed E-state index contributed by atoms with van der Waals surface area (Å²) in [6.07, 6.45) is 2.74. The molecule has 3 aromatic rings. The van der Waals surface area contributed by atoms with Crippen LogP contribution < -0.4 is 22.5 Å². The average molecular weight is 528 g/mol. The zero-order valence-corrected chi connectivity index (χ0v) is 21.0. The molecule has 0 fully saturated rings. The Balaban J connectivity index is 1.82. The van der Waals surface area contributed by atoms with Gasteiger partial charge in [0.25, 0.3) is 5.69 Å². The number of aromatic nitrogens is 1. The predicted molar refractivity (Wildman–Crippen MR) is 142 cm³/mol. The van der Waals surface area contributed by atoms with Gasteiger partial charge in [0.05, 0.1) is 23.6 Å². The fourth-order valence-electron chi connectivity index (χ4n) is 3.73. The van der Waals surface area contributed by atoms with E-state index in [1.807, 2.05) is 24.3 Å². The molecule has 0 bridgehead atoms. The van der Waals surface area contributed by atoms with Crippen LogP contribution in [0, 0.1) is 10.1 Å². The number of ether oxygens (including phenoxy) is 1. The highest BCUT2D eigenvalue weighted by Gasteiger charge is 2.26. The van der Waals surface area contributed by atoms with E-state index in [0.717, 1.165) is 16.5 Å². The molecule has 1 heterocycles. The van der Waals surface area contributed by atoms with Crippen molar-refractivity contribution in [3.8, 4) is 0 Å². The van der Waals surface area contributed by atoms with Gasteiger partial charge in [-0.15, -0.1) is 0 Å². The second-order valence-electron chi connectivity index (χ2n) is 8.16. The number of esters is 1. The van der Waals surface area contributed by atoms with E-state index < -0.39 is 28.9 Å². The van der Waals surface area contributed by atoms with Crippen LogP contribution in [0.1, 0.15) is 18.4 Å². The number of nitrogens with one attached hydrogen (secondary N) is 1. The molecular formula is C24H29N7O5S. The quantitative estimate of drug-likeness (QED) is 0.0677. The fraction of sp³-hybridized carbons (Fsp3) is 0.292. The van der Waals surface area contributed by atoms with Gasteiger partial charge in [0.1, 0.15) is 10.9 Å². The number of fused-ring (bicyclic) bond motifs is 1. The van der Waals surface area contributed by atoms with E-state index in [0.29, 0.717) is 24.3 Å². The number of nitro benzene ring substituents is 1. The lowest BCUT2D eigenvalue weighted by atomic mass is 10.0. The van der Waals surface area contributed by atoms with Crippen LogP contribution in [0.25, 0.3) is 10.9 Å². The van der Waals surface area contributed by atoms with Gasteiger partial charge < -0.3 is 27.3 Å². The Labute approximate surface area is 217 Å². The van der Waals surface area contributed by atoms with Crippen LogP contribution in [0.15, 0.2) is 64.6 Å². The molecule has 2 unspecified atom stereocenters. The first-order valence-electron chi connectivity index (χ1n) is 11.4. The molecule has 1 aromatic heterocycles. The molecule has 0 aliphatic carbocycles. The maximum Gasteiger partial charge on any atom is 0.328 e. The van der Waals surface area contributed by atoms with Crippen molar-refractivity contribution in [1.29, 1.82) is 0 Å². The third-order valence-electron chi connectivity index (χ3n) is 5.55. The number of amides is 1. The molecule has 0 aliphatic rings. The van der Waals surface area contributed by atoms with E-state index in [4.69, 9.17) is 21.9 Å². The lowest BCUT2D eigenvalue weighted by molar-refractivity contribution is -0.387. The number of nitrogens with zero attached hydrogens (tertiary/aromatic N) is 3. The number of benzene rings is 2.